The molecule has 1 saturated heterocycles. The second kappa shape index (κ2) is 8.64. The maximum Gasteiger partial charge on any atom is 0.208 e. The summed E-state index contributed by atoms with van der Waals surface area (Å²) in [5.74, 6) is 1.10. The highest BCUT2D eigenvalue weighted by Gasteiger charge is 2.25. The van der Waals surface area contributed by atoms with Crippen molar-refractivity contribution in [3.63, 3.8) is 0 Å². The highest BCUT2D eigenvalue weighted by Crippen LogP contribution is 2.27. The van der Waals surface area contributed by atoms with Crippen molar-refractivity contribution in [2.75, 3.05) is 13.1 Å². The molecule has 158 valence electrons. The number of hydrogen-bond donors (Lipinski definition) is 0. The predicted octanol–water partition coefficient (Wildman–Crippen LogP) is 4.07. The number of oxazole rings is 1. The Labute approximate surface area is 184 Å². The summed E-state index contributed by atoms with van der Waals surface area (Å²) in [4.78, 5) is 23.9. The lowest BCUT2D eigenvalue weighted by Crippen LogP contribution is -2.36. The van der Waals surface area contributed by atoms with Gasteiger partial charge in [0.25, 0.3) is 0 Å². The van der Waals surface area contributed by atoms with E-state index in [1.165, 1.54) is 0 Å². The van der Waals surface area contributed by atoms with Gasteiger partial charge in [-0.05, 0) is 50.4 Å². The Hall–Kier alpha value is -2.97. The van der Waals surface area contributed by atoms with Gasteiger partial charge in [-0.25, -0.2) is 4.98 Å². The molecule has 0 radical (unpaired) electrons. The summed E-state index contributed by atoms with van der Waals surface area (Å²) in [6.07, 6.45) is 7.23. The van der Waals surface area contributed by atoms with Crippen LogP contribution in [0.25, 0.3) is 21.3 Å². The molecule has 0 amide bonds. The summed E-state index contributed by atoms with van der Waals surface area (Å²) in [5, 5.41) is 12.3. The first kappa shape index (κ1) is 20.0. The van der Waals surface area contributed by atoms with Crippen LogP contribution in [0.4, 0.5) is 0 Å². The molecule has 0 bridgehead atoms. The molecule has 3 aromatic heterocycles. The third-order valence-corrected chi connectivity index (χ3v) is 6.68. The molecule has 0 atom stereocenters. The van der Waals surface area contributed by atoms with Crippen LogP contribution in [0.1, 0.15) is 29.4 Å². The third-order valence-electron chi connectivity index (χ3n) is 5.79. The number of benzene rings is 1. The van der Waals surface area contributed by atoms with Crippen molar-refractivity contribution in [3.05, 3.63) is 59.5 Å². The number of nitrogens with zero attached hydrogens (tertiary/aromatic N) is 5. The van der Waals surface area contributed by atoms with Crippen molar-refractivity contribution < 1.29 is 9.21 Å². The van der Waals surface area contributed by atoms with E-state index in [4.69, 9.17) is 4.42 Å². The molecule has 0 unspecified atom stereocenters. The first-order valence-electron chi connectivity index (χ1n) is 10.5. The SMILES string of the molecule is Cc1nnc(-c2ccc3cnc(CC(=O)C4CCN(Cc5ncco5)CC4)cc3c2)s1. The Morgan fingerprint density at radius 1 is 1.16 bits per heavy atom. The first-order valence-corrected chi connectivity index (χ1v) is 11.3. The number of rotatable bonds is 6. The van der Waals surface area contributed by atoms with Crippen LogP contribution in [-0.2, 0) is 17.8 Å². The highest BCUT2D eigenvalue weighted by atomic mass is 32.1. The van der Waals surface area contributed by atoms with Gasteiger partial charge in [0.1, 0.15) is 22.1 Å². The van der Waals surface area contributed by atoms with Crippen LogP contribution < -0.4 is 0 Å². The van der Waals surface area contributed by atoms with Gasteiger partial charge in [-0.2, -0.15) is 0 Å². The molecule has 8 heteroatoms. The largest absolute Gasteiger partial charge is 0.448 e. The number of hydrogen-bond acceptors (Lipinski definition) is 8. The number of carbonyl (C=O) groups is 1. The van der Waals surface area contributed by atoms with Crippen molar-refractivity contribution in [3.8, 4) is 10.6 Å². The van der Waals surface area contributed by atoms with Crippen molar-refractivity contribution in [1.29, 1.82) is 0 Å². The molecule has 4 aromatic rings. The summed E-state index contributed by atoms with van der Waals surface area (Å²) in [7, 11) is 0. The van der Waals surface area contributed by atoms with Crippen molar-refractivity contribution in [2.45, 2.75) is 32.7 Å². The molecule has 0 N–H and O–H groups in total. The number of fused-ring (bicyclic) bond motifs is 1. The van der Waals surface area contributed by atoms with E-state index in [1.807, 2.05) is 31.3 Å². The number of aromatic nitrogens is 4. The van der Waals surface area contributed by atoms with Crippen LogP contribution in [0.3, 0.4) is 0 Å². The zero-order chi connectivity index (χ0) is 21.2. The first-order chi connectivity index (χ1) is 15.1. The monoisotopic (exact) mass is 433 g/mol. The second-order valence-corrected chi connectivity index (χ2v) is 9.16. The lowest BCUT2D eigenvalue weighted by molar-refractivity contribution is -0.123. The quantitative estimate of drug-likeness (QED) is 0.453. The van der Waals surface area contributed by atoms with E-state index in [-0.39, 0.29) is 11.7 Å². The van der Waals surface area contributed by atoms with Crippen LogP contribution >= 0.6 is 11.3 Å². The normalized spacial score (nSPS) is 15.5. The van der Waals surface area contributed by atoms with Gasteiger partial charge in [0.2, 0.25) is 5.89 Å². The fourth-order valence-corrected chi connectivity index (χ4v) is 4.78. The summed E-state index contributed by atoms with van der Waals surface area (Å²) in [6, 6.07) is 8.22. The molecule has 1 aromatic carbocycles. The van der Waals surface area contributed by atoms with Crippen LogP contribution in [0.2, 0.25) is 0 Å². The topological polar surface area (TPSA) is 85.0 Å². The van der Waals surface area contributed by atoms with E-state index in [0.29, 0.717) is 13.0 Å². The minimum atomic E-state index is 0.0917. The third kappa shape index (κ3) is 4.55. The van der Waals surface area contributed by atoms with Gasteiger partial charge in [-0.3, -0.25) is 14.7 Å². The van der Waals surface area contributed by atoms with Gasteiger partial charge >= 0.3 is 0 Å². The summed E-state index contributed by atoms with van der Waals surface area (Å²) in [6.45, 7) is 4.42. The summed E-state index contributed by atoms with van der Waals surface area (Å²) in [5.41, 5.74) is 1.87. The van der Waals surface area contributed by atoms with E-state index in [2.05, 4.69) is 31.1 Å². The molecule has 0 spiro atoms. The van der Waals surface area contributed by atoms with Gasteiger partial charge in [0.05, 0.1) is 12.7 Å². The standard InChI is InChI=1S/C23H23N5O2S/c1-15-26-27-23(31-15)17-2-3-18-13-25-20(11-19(18)10-17)12-21(29)16-4-7-28(8-5-16)14-22-24-6-9-30-22/h2-3,6,9-11,13,16H,4-5,7-8,12,14H2,1H3. The molecule has 4 heterocycles. The highest BCUT2D eigenvalue weighted by molar-refractivity contribution is 7.14. The summed E-state index contributed by atoms with van der Waals surface area (Å²) < 4.78 is 5.33. The number of Topliss-reactive ketones (excluding diaryl/α,β-unsaturated/α-hetero) is 1. The zero-order valence-electron chi connectivity index (χ0n) is 17.3. The Bertz CT molecular complexity index is 1200. The maximum atomic E-state index is 12.9. The number of pyridine rings is 1. The predicted molar refractivity (Wildman–Crippen MR) is 119 cm³/mol. The number of ketones is 1. The van der Waals surface area contributed by atoms with Crippen LogP contribution in [0, 0.1) is 12.8 Å². The number of likely N-dealkylation sites (tertiary alicyclic amines) is 1. The summed E-state index contributed by atoms with van der Waals surface area (Å²) >= 11 is 1.58. The minimum absolute atomic E-state index is 0.0917. The van der Waals surface area contributed by atoms with Gasteiger partial charge in [0, 0.05) is 35.2 Å². The average molecular weight is 434 g/mol. The van der Waals surface area contributed by atoms with E-state index < -0.39 is 0 Å². The Balaban J connectivity index is 1.24. The molecular formula is C23H23N5O2S. The lowest BCUT2D eigenvalue weighted by Gasteiger charge is -2.30. The van der Waals surface area contributed by atoms with Gasteiger partial charge in [0.15, 0.2) is 0 Å². The molecule has 1 aliphatic rings. The van der Waals surface area contributed by atoms with Crippen molar-refractivity contribution >= 4 is 27.9 Å². The Kier molecular flexibility index (Phi) is 5.57. The number of carbonyl (C=O) groups excluding carboxylic acids is 1. The molecule has 5 rings (SSSR count). The maximum absolute atomic E-state index is 12.9. The molecule has 31 heavy (non-hydrogen) atoms. The van der Waals surface area contributed by atoms with E-state index in [0.717, 1.165) is 63.9 Å². The molecular weight excluding hydrogens is 410 g/mol. The fourth-order valence-electron chi connectivity index (χ4n) is 4.09. The Morgan fingerprint density at radius 2 is 2.03 bits per heavy atom. The fraction of sp³-hybridized carbons (Fsp3) is 0.348. The smallest absolute Gasteiger partial charge is 0.208 e. The molecule has 1 fully saturated rings. The second-order valence-electron chi connectivity index (χ2n) is 7.98. The minimum Gasteiger partial charge on any atom is -0.448 e. The molecule has 7 nitrogen and oxygen atoms in total. The zero-order valence-corrected chi connectivity index (χ0v) is 18.1. The van der Waals surface area contributed by atoms with Gasteiger partial charge < -0.3 is 4.42 Å². The lowest BCUT2D eigenvalue weighted by atomic mass is 9.90. The van der Waals surface area contributed by atoms with Crippen LogP contribution in [-0.4, -0.2) is 43.9 Å². The van der Waals surface area contributed by atoms with Crippen LogP contribution in [0.15, 0.2) is 47.3 Å². The van der Waals surface area contributed by atoms with Crippen molar-refractivity contribution in [1.82, 2.24) is 25.1 Å². The van der Waals surface area contributed by atoms with E-state index in [1.54, 1.807) is 23.8 Å². The van der Waals surface area contributed by atoms with Gasteiger partial charge in [-0.15, -0.1) is 10.2 Å². The average Bonchev–Trinajstić information content (AvgIpc) is 3.45. The van der Waals surface area contributed by atoms with E-state index >= 15 is 0 Å². The Morgan fingerprint density at radius 3 is 2.77 bits per heavy atom. The molecule has 0 aliphatic carbocycles. The van der Waals surface area contributed by atoms with Gasteiger partial charge in [-0.1, -0.05) is 23.5 Å². The molecule has 0 saturated carbocycles. The number of aryl methyl sites for hydroxylation is 1. The number of piperidine rings is 1. The van der Waals surface area contributed by atoms with Crippen LogP contribution in [0.5, 0.6) is 0 Å². The van der Waals surface area contributed by atoms with Crippen molar-refractivity contribution in [2.24, 2.45) is 5.92 Å². The van der Waals surface area contributed by atoms with E-state index in [9.17, 15) is 4.79 Å². The molecule has 1 aliphatic heterocycles.